The van der Waals surface area contributed by atoms with E-state index in [0.717, 1.165) is 23.9 Å². The molecule has 0 saturated carbocycles. The Morgan fingerprint density at radius 1 is 1.14 bits per heavy atom. The van der Waals surface area contributed by atoms with Crippen molar-refractivity contribution in [2.75, 3.05) is 13.2 Å². The van der Waals surface area contributed by atoms with Crippen LogP contribution in [0.3, 0.4) is 0 Å². The van der Waals surface area contributed by atoms with E-state index in [0.29, 0.717) is 5.56 Å². The van der Waals surface area contributed by atoms with Crippen molar-refractivity contribution in [3.05, 3.63) is 48.0 Å². The predicted octanol–water partition coefficient (Wildman–Crippen LogP) is 2.93. The average Bonchev–Trinajstić information content (AvgIpc) is 2.87. The maximum Gasteiger partial charge on any atom is 0.251 e. The molecule has 0 saturated heterocycles. The maximum absolute atomic E-state index is 12.1. The van der Waals surface area contributed by atoms with E-state index in [1.54, 1.807) is 0 Å². The molecule has 0 spiro atoms. The molecular formula is C18H20N2O2. The van der Waals surface area contributed by atoms with Crippen LogP contribution in [0.2, 0.25) is 0 Å². The second kappa shape index (κ2) is 6.20. The summed E-state index contributed by atoms with van der Waals surface area (Å²) in [6, 6.07) is 14.1. The lowest BCUT2D eigenvalue weighted by atomic mass is 10.1. The molecule has 1 aromatic heterocycles. The van der Waals surface area contributed by atoms with Crippen molar-refractivity contribution < 1.29 is 9.90 Å². The Morgan fingerprint density at radius 2 is 1.91 bits per heavy atom. The van der Waals surface area contributed by atoms with E-state index in [2.05, 4.69) is 28.9 Å². The van der Waals surface area contributed by atoms with Crippen LogP contribution in [-0.2, 0) is 6.54 Å². The third kappa shape index (κ3) is 2.46. The Morgan fingerprint density at radius 3 is 2.68 bits per heavy atom. The molecule has 114 valence electrons. The molecule has 1 amide bonds. The summed E-state index contributed by atoms with van der Waals surface area (Å²) < 4.78 is 2.31. The van der Waals surface area contributed by atoms with Crippen LogP contribution in [0.5, 0.6) is 0 Å². The molecule has 0 unspecified atom stereocenters. The van der Waals surface area contributed by atoms with Gasteiger partial charge in [-0.1, -0.05) is 25.1 Å². The second-order valence-electron chi connectivity index (χ2n) is 5.38. The van der Waals surface area contributed by atoms with Gasteiger partial charge in [-0.3, -0.25) is 4.79 Å². The lowest BCUT2D eigenvalue weighted by Gasteiger charge is -2.06. The van der Waals surface area contributed by atoms with Crippen molar-refractivity contribution in [1.29, 1.82) is 0 Å². The highest BCUT2D eigenvalue weighted by Crippen LogP contribution is 2.29. The fourth-order valence-corrected chi connectivity index (χ4v) is 2.93. The summed E-state index contributed by atoms with van der Waals surface area (Å²) in [6.07, 6.45) is 1.06. The zero-order chi connectivity index (χ0) is 15.5. The first-order valence-corrected chi connectivity index (χ1v) is 7.66. The number of fused-ring (bicyclic) bond motifs is 3. The Hall–Kier alpha value is -2.33. The van der Waals surface area contributed by atoms with E-state index in [-0.39, 0.29) is 19.1 Å². The number of aliphatic hydroxyl groups is 1. The maximum atomic E-state index is 12.1. The number of carbonyl (C=O) groups is 1. The van der Waals surface area contributed by atoms with Crippen molar-refractivity contribution in [2.45, 2.75) is 19.9 Å². The minimum absolute atomic E-state index is 0.0518. The highest BCUT2D eigenvalue weighted by atomic mass is 16.3. The summed E-state index contributed by atoms with van der Waals surface area (Å²) in [5.41, 5.74) is 2.98. The van der Waals surface area contributed by atoms with Gasteiger partial charge in [-0.2, -0.15) is 0 Å². The molecule has 0 fully saturated rings. The van der Waals surface area contributed by atoms with Crippen LogP contribution in [0, 0.1) is 0 Å². The van der Waals surface area contributed by atoms with Gasteiger partial charge in [0, 0.05) is 40.5 Å². The van der Waals surface area contributed by atoms with Gasteiger partial charge in [-0.25, -0.2) is 0 Å². The Kier molecular flexibility index (Phi) is 4.11. The number of benzene rings is 2. The number of nitrogens with one attached hydrogen (secondary N) is 1. The van der Waals surface area contributed by atoms with Crippen molar-refractivity contribution in [3.8, 4) is 0 Å². The molecule has 4 nitrogen and oxygen atoms in total. The molecule has 1 heterocycles. The number of aromatic nitrogens is 1. The molecule has 4 heteroatoms. The summed E-state index contributed by atoms with van der Waals surface area (Å²) in [6.45, 7) is 3.34. The van der Waals surface area contributed by atoms with Gasteiger partial charge in [0.2, 0.25) is 0 Å². The zero-order valence-electron chi connectivity index (χ0n) is 12.7. The van der Waals surface area contributed by atoms with Crippen LogP contribution in [0.1, 0.15) is 23.7 Å². The molecule has 0 aliphatic rings. The van der Waals surface area contributed by atoms with Gasteiger partial charge in [-0.15, -0.1) is 0 Å². The summed E-state index contributed by atoms with van der Waals surface area (Å²) in [5.74, 6) is -0.150. The van der Waals surface area contributed by atoms with E-state index in [9.17, 15) is 4.79 Å². The van der Waals surface area contributed by atoms with Crippen molar-refractivity contribution in [2.24, 2.45) is 0 Å². The van der Waals surface area contributed by atoms with E-state index in [1.807, 2.05) is 30.3 Å². The van der Waals surface area contributed by atoms with Gasteiger partial charge in [0.15, 0.2) is 0 Å². The third-order valence-corrected chi connectivity index (χ3v) is 3.88. The molecule has 0 aliphatic heterocycles. The number of carbonyl (C=O) groups excluding carboxylic acids is 1. The molecule has 2 aromatic carbocycles. The molecule has 0 aliphatic carbocycles. The highest BCUT2D eigenvalue weighted by Gasteiger charge is 2.12. The van der Waals surface area contributed by atoms with Crippen LogP contribution in [0.4, 0.5) is 0 Å². The Balaban J connectivity index is 2.15. The van der Waals surface area contributed by atoms with Gasteiger partial charge in [0.1, 0.15) is 0 Å². The lowest BCUT2D eigenvalue weighted by Crippen LogP contribution is -2.26. The number of nitrogens with zero attached hydrogens (tertiary/aromatic N) is 1. The lowest BCUT2D eigenvalue weighted by molar-refractivity contribution is 0.0945. The first-order chi connectivity index (χ1) is 10.8. The molecule has 0 radical (unpaired) electrons. The van der Waals surface area contributed by atoms with Crippen molar-refractivity contribution in [1.82, 2.24) is 9.88 Å². The monoisotopic (exact) mass is 296 g/mol. The fourth-order valence-electron chi connectivity index (χ4n) is 2.93. The fraction of sp³-hybridized carbons (Fsp3) is 0.278. The SMILES string of the molecule is CCCn1c2ccccc2c2cc(C(=O)NCCO)ccc21. The first kappa shape index (κ1) is 14.6. The number of aliphatic hydroxyl groups excluding tert-OH is 1. The Bertz CT molecular complexity index is 820. The van der Waals surface area contributed by atoms with E-state index < -0.39 is 0 Å². The molecule has 0 bridgehead atoms. The standard InChI is InChI=1S/C18H20N2O2/c1-2-10-20-16-6-4-3-5-14(16)15-12-13(7-8-17(15)20)18(22)19-9-11-21/h3-8,12,21H,2,9-11H2,1H3,(H,19,22). The minimum Gasteiger partial charge on any atom is -0.395 e. The third-order valence-electron chi connectivity index (χ3n) is 3.88. The topological polar surface area (TPSA) is 54.3 Å². The summed E-state index contributed by atoms with van der Waals surface area (Å²) in [5, 5.41) is 13.8. The number of hydrogen-bond donors (Lipinski definition) is 2. The number of rotatable bonds is 5. The minimum atomic E-state index is -0.150. The van der Waals surface area contributed by atoms with Crippen LogP contribution in [0.15, 0.2) is 42.5 Å². The van der Waals surface area contributed by atoms with Crippen LogP contribution in [0.25, 0.3) is 21.8 Å². The van der Waals surface area contributed by atoms with Crippen LogP contribution < -0.4 is 5.32 Å². The van der Waals surface area contributed by atoms with Gasteiger partial charge in [0.25, 0.3) is 5.91 Å². The van der Waals surface area contributed by atoms with Crippen molar-refractivity contribution in [3.63, 3.8) is 0 Å². The molecule has 3 aromatic rings. The molecular weight excluding hydrogens is 276 g/mol. The average molecular weight is 296 g/mol. The van der Waals surface area contributed by atoms with Gasteiger partial charge >= 0.3 is 0 Å². The van der Waals surface area contributed by atoms with E-state index in [4.69, 9.17) is 5.11 Å². The molecule has 22 heavy (non-hydrogen) atoms. The number of para-hydroxylation sites is 1. The Labute approximate surface area is 129 Å². The van der Waals surface area contributed by atoms with Crippen LogP contribution in [-0.4, -0.2) is 28.7 Å². The highest BCUT2D eigenvalue weighted by molar-refractivity contribution is 6.10. The normalized spacial score (nSPS) is 11.2. The largest absolute Gasteiger partial charge is 0.395 e. The molecule has 3 rings (SSSR count). The quantitative estimate of drug-likeness (QED) is 0.760. The summed E-state index contributed by atoms with van der Waals surface area (Å²) >= 11 is 0. The van der Waals surface area contributed by atoms with E-state index >= 15 is 0 Å². The van der Waals surface area contributed by atoms with Gasteiger partial charge in [0.05, 0.1) is 6.61 Å². The number of hydrogen-bond acceptors (Lipinski definition) is 2. The molecule has 2 N–H and O–H groups in total. The van der Waals surface area contributed by atoms with Gasteiger partial charge in [-0.05, 0) is 30.7 Å². The van der Waals surface area contributed by atoms with Crippen LogP contribution >= 0.6 is 0 Å². The van der Waals surface area contributed by atoms with Gasteiger partial charge < -0.3 is 15.0 Å². The van der Waals surface area contributed by atoms with Crippen molar-refractivity contribution >= 4 is 27.7 Å². The summed E-state index contributed by atoms with van der Waals surface area (Å²) in [4.78, 5) is 12.1. The second-order valence-corrected chi connectivity index (χ2v) is 5.38. The van der Waals surface area contributed by atoms with E-state index in [1.165, 1.54) is 10.9 Å². The first-order valence-electron chi connectivity index (χ1n) is 7.66. The predicted molar refractivity (Wildman–Crippen MR) is 89.2 cm³/mol. The number of amides is 1. The smallest absolute Gasteiger partial charge is 0.251 e. The summed E-state index contributed by atoms with van der Waals surface area (Å²) in [7, 11) is 0. The zero-order valence-corrected chi connectivity index (χ0v) is 12.7. The molecule has 0 atom stereocenters. The number of aryl methyl sites for hydroxylation is 1.